The summed E-state index contributed by atoms with van der Waals surface area (Å²) < 4.78 is 4.20. The maximum atomic E-state index is 10.2. The molecule has 0 amide bonds. The van der Waals surface area contributed by atoms with Crippen molar-refractivity contribution in [1.82, 2.24) is 0 Å². The molecule has 0 bridgehead atoms. The lowest BCUT2D eigenvalue weighted by Gasteiger charge is -2.18. The van der Waals surface area contributed by atoms with Gasteiger partial charge in [-0.3, -0.25) is 9.59 Å². The van der Waals surface area contributed by atoms with Crippen molar-refractivity contribution in [3.8, 4) is 0 Å². The van der Waals surface area contributed by atoms with Crippen LogP contribution in [0.15, 0.2) is 91.0 Å². The minimum atomic E-state index is -0.475. The van der Waals surface area contributed by atoms with Crippen molar-refractivity contribution in [3.63, 3.8) is 0 Å². The number of esters is 1. The normalized spacial score (nSPS) is 9.89. The molecule has 0 aromatic heterocycles. The fourth-order valence-electron chi connectivity index (χ4n) is 2.45. The van der Waals surface area contributed by atoms with Gasteiger partial charge in [0, 0.05) is 0 Å². The summed E-state index contributed by atoms with van der Waals surface area (Å²) in [5.74, 6) is -0.644. The van der Waals surface area contributed by atoms with Gasteiger partial charge in [-0.1, -0.05) is 91.0 Å². The van der Waals surface area contributed by atoms with Crippen molar-refractivity contribution in [2.24, 2.45) is 0 Å². The molecule has 0 atom stereocenters. The number of methoxy groups -OCH3 is 1. The van der Waals surface area contributed by atoms with E-state index in [9.17, 15) is 9.59 Å². The van der Waals surface area contributed by atoms with Crippen molar-refractivity contribution in [1.29, 1.82) is 0 Å². The molecule has 27 heavy (non-hydrogen) atoms. The second kappa shape index (κ2) is 11.1. The first-order valence-electron chi connectivity index (χ1n) is 8.63. The van der Waals surface area contributed by atoms with Gasteiger partial charge in [-0.2, -0.15) is 0 Å². The Kier molecular flexibility index (Phi) is 8.41. The average Bonchev–Trinajstić information content (AvgIpc) is 2.71. The van der Waals surface area contributed by atoms with E-state index in [1.165, 1.54) is 29.9 Å². The number of hydrogen-bond acceptors (Lipinski definition) is 3. The molecular formula is C23H23O3P. The highest BCUT2D eigenvalue weighted by Gasteiger charge is 2.14. The second-order valence-corrected chi connectivity index (χ2v) is 8.02. The van der Waals surface area contributed by atoms with Gasteiger partial charge in [0.2, 0.25) is 0 Å². The highest BCUT2D eigenvalue weighted by molar-refractivity contribution is 7.79. The monoisotopic (exact) mass is 378 g/mol. The fraction of sp³-hybridized carbons (Fsp3) is 0.130. The number of ether oxygens (including phenoxy) is 1. The Morgan fingerprint density at radius 3 is 1.26 bits per heavy atom. The Bertz CT molecular complexity index is 739. The number of carbonyl (C=O) groups is 2. The Balaban J connectivity index is 0.000000279. The zero-order chi connectivity index (χ0) is 19.5. The van der Waals surface area contributed by atoms with E-state index in [2.05, 4.69) is 95.7 Å². The van der Waals surface area contributed by atoms with Gasteiger partial charge in [0.25, 0.3) is 0 Å². The van der Waals surface area contributed by atoms with Gasteiger partial charge in [-0.15, -0.1) is 0 Å². The number of carbonyl (C=O) groups excluding carboxylic acids is 2. The molecule has 0 heterocycles. The summed E-state index contributed by atoms with van der Waals surface area (Å²) >= 11 is 0. The van der Waals surface area contributed by atoms with Crippen LogP contribution in [0.4, 0.5) is 0 Å². The predicted molar refractivity (Wildman–Crippen MR) is 112 cm³/mol. The molecule has 3 aromatic rings. The molecular weight excluding hydrogens is 355 g/mol. The van der Waals surface area contributed by atoms with Crippen LogP contribution < -0.4 is 15.9 Å². The van der Waals surface area contributed by atoms with Gasteiger partial charge < -0.3 is 4.74 Å². The summed E-state index contributed by atoms with van der Waals surface area (Å²) in [4.78, 5) is 20.3. The van der Waals surface area contributed by atoms with E-state index in [0.29, 0.717) is 0 Å². The quantitative estimate of drug-likeness (QED) is 0.387. The Labute approximate surface area is 161 Å². The average molecular weight is 378 g/mol. The van der Waals surface area contributed by atoms with E-state index in [1.807, 2.05) is 0 Å². The van der Waals surface area contributed by atoms with Crippen LogP contribution in [-0.4, -0.2) is 18.9 Å². The lowest BCUT2D eigenvalue weighted by molar-refractivity contribution is -0.142. The zero-order valence-electron chi connectivity index (χ0n) is 15.5. The van der Waals surface area contributed by atoms with Gasteiger partial charge in [0.05, 0.1) is 7.11 Å². The van der Waals surface area contributed by atoms with Crippen LogP contribution in [-0.2, 0) is 14.3 Å². The molecule has 3 aromatic carbocycles. The molecule has 0 radical (unpaired) electrons. The summed E-state index contributed by atoms with van der Waals surface area (Å²) in [6.07, 6.45) is -0.115. The lowest BCUT2D eigenvalue weighted by atomic mass is 10.3. The van der Waals surface area contributed by atoms with Crippen LogP contribution in [0.25, 0.3) is 0 Å². The van der Waals surface area contributed by atoms with E-state index >= 15 is 0 Å². The molecule has 0 saturated heterocycles. The molecule has 0 aliphatic heterocycles. The van der Waals surface area contributed by atoms with Crippen molar-refractivity contribution < 1.29 is 14.3 Å². The standard InChI is InChI=1S/C18H15P.C5H8O3/c1-4-10-16(11-5-1)19(17-12-6-2-7-13-17)18-14-8-3-9-15-18;1-4(6)3-5(7)8-2/h1-15H;3H2,1-2H3. The largest absolute Gasteiger partial charge is 0.469 e. The predicted octanol–water partition coefficient (Wildman–Crippen LogP) is 3.58. The molecule has 0 fully saturated rings. The van der Waals surface area contributed by atoms with Crippen LogP contribution in [0.1, 0.15) is 13.3 Å². The summed E-state index contributed by atoms with van der Waals surface area (Å²) in [7, 11) is 0.809. The van der Waals surface area contributed by atoms with Crippen molar-refractivity contribution in [2.45, 2.75) is 13.3 Å². The highest BCUT2D eigenvalue weighted by Crippen LogP contribution is 2.32. The van der Waals surface area contributed by atoms with Crippen LogP contribution in [0, 0.1) is 0 Å². The minimum absolute atomic E-state index is 0.115. The second-order valence-electron chi connectivity index (χ2n) is 5.80. The molecule has 0 N–H and O–H groups in total. The third-order valence-electron chi connectivity index (χ3n) is 3.66. The van der Waals surface area contributed by atoms with E-state index in [-0.39, 0.29) is 12.2 Å². The first-order valence-corrected chi connectivity index (χ1v) is 9.97. The SMILES string of the molecule is COC(=O)CC(C)=O.c1ccc(P(c2ccccc2)c2ccccc2)cc1. The van der Waals surface area contributed by atoms with E-state index in [1.54, 1.807) is 0 Å². The van der Waals surface area contributed by atoms with E-state index in [0.717, 1.165) is 0 Å². The minimum Gasteiger partial charge on any atom is -0.469 e. The Hall–Kier alpha value is -2.77. The highest BCUT2D eigenvalue weighted by atomic mass is 31.1. The van der Waals surface area contributed by atoms with Crippen LogP contribution >= 0.6 is 7.92 Å². The first-order chi connectivity index (χ1) is 13.1. The van der Waals surface area contributed by atoms with Crippen LogP contribution in [0.3, 0.4) is 0 Å². The Morgan fingerprint density at radius 2 is 1.04 bits per heavy atom. The smallest absolute Gasteiger partial charge is 0.313 e. The van der Waals surface area contributed by atoms with E-state index in [4.69, 9.17) is 0 Å². The van der Waals surface area contributed by atoms with Crippen LogP contribution in [0.2, 0.25) is 0 Å². The van der Waals surface area contributed by atoms with Gasteiger partial charge in [0.15, 0.2) is 0 Å². The lowest BCUT2D eigenvalue weighted by Crippen LogP contribution is -2.20. The number of rotatable bonds is 5. The zero-order valence-corrected chi connectivity index (χ0v) is 16.4. The third-order valence-corrected chi connectivity index (χ3v) is 6.11. The van der Waals surface area contributed by atoms with Gasteiger partial charge in [-0.25, -0.2) is 0 Å². The number of hydrogen-bond donors (Lipinski definition) is 0. The summed E-state index contributed by atoms with van der Waals surface area (Å²) in [5.41, 5.74) is 0. The molecule has 138 valence electrons. The summed E-state index contributed by atoms with van der Waals surface area (Å²) in [6, 6.07) is 32.3. The fourth-order valence-corrected chi connectivity index (χ4v) is 4.76. The number of ketones is 1. The first kappa shape index (κ1) is 20.5. The van der Waals surface area contributed by atoms with Gasteiger partial charge in [0.1, 0.15) is 12.2 Å². The molecule has 0 saturated carbocycles. The molecule has 4 heteroatoms. The molecule has 3 nitrogen and oxygen atoms in total. The Morgan fingerprint density at radius 1 is 0.704 bits per heavy atom. The van der Waals surface area contributed by atoms with Crippen LogP contribution in [0.5, 0.6) is 0 Å². The van der Waals surface area contributed by atoms with Crippen molar-refractivity contribution in [2.75, 3.05) is 7.11 Å². The van der Waals surface area contributed by atoms with Gasteiger partial charge >= 0.3 is 5.97 Å². The van der Waals surface area contributed by atoms with Gasteiger partial charge in [-0.05, 0) is 30.8 Å². The third kappa shape index (κ3) is 6.80. The number of benzene rings is 3. The molecule has 0 unspecified atom stereocenters. The summed E-state index contributed by atoms with van der Waals surface area (Å²) in [6.45, 7) is 1.34. The maximum absolute atomic E-state index is 10.2. The van der Waals surface area contributed by atoms with Crippen molar-refractivity contribution in [3.05, 3.63) is 91.0 Å². The van der Waals surface area contributed by atoms with Crippen molar-refractivity contribution >= 4 is 35.6 Å². The molecule has 0 spiro atoms. The molecule has 3 rings (SSSR count). The molecule has 0 aliphatic rings. The maximum Gasteiger partial charge on any atom is 0.313 e. The number of Topliss-reactive ketones (excluding diaryl/α,β-unsaturated/α-hetero) is 1. The summed E-state index contributed by atoms with van der Waals surface area (Å²) in [5, 5.41) is 4.19. The van der Waals surface area contributed by atoms with E-state index < -0.39 is 13.9 Å². The molecule has 0 aliphatic carbocycles. The topological polar surface area (TPSA) is 43.4 Å².